The summed E-state index contributed by atoms with van der Waals surface area (Å²) >= 11 is 1.79. The molecule has 0 spiro atoms. The number of nitrogens with zero attached hydrogens (tertiary/aromatic N) is 2. The number of piperazine rings is 1. The molecule has 0 bridgehead atoms. The quantitative estimate of drug-likeness (QED) is 0.904. The van der Waals surface area contributed by atoms with Crippen molar-refractivity contribution in [1.82, 2.24) is 15.2 Å². The molecule has 20 heavy (non-hydrogen) atoms. The topological polar surface area (TPSA) is 28.2 Å². The Morgan fingerprint density at radius 1 is 1.50 bits per heavy atom. The van der Waals surface area contributed by atoms with Crippen molar-refractivity contribution in [2.24, 2.45) is 11.8 Å². The van der Waals surface area contributed by atoms with E-state index >= 15 is 0 Å². The van der Waals surface area contributed by atoms with Gasteiger partial charge in [0.15, 0.2) is 0 Å². The maximum Gasteiger partial charge on any atom is 0.107 e. The van der Waals surface area contributed by atoms with Crippen molar-refractivity contribution >= 4 is 11.3 Å². The maximum atomic E-state index is 4.49. The van der Waals surface area contributed by atoms with Gasteiger partial charge in [-0.05, 0) is 38.0 Å². The van der Waals surface area contributed by atoms with Gasteiger partial charge in [0, 0.05) is 36.2 Å². The third-order valence-electron chi connectivity index (χ3n) is 4.83. The molecule has 1 saturated heterocycles. The third-order valence-corrected chi connectivity index (χ3v) is 5.60. The zero-order valence-corrected chi connectivity index (χ0v) is 13.7. The van der Waals surface area contributed by atoms with Gasteiger partial charge in [-0.1, -0.05) is 13.8 Å². The van der Waals surface area contributed by atoms with Crippen LogP contribution in [0.4, 0.5) is 0 Å². The van der Waals surface area contributed by atoms with E-state index in [1.165, 1.54) is 30.8 Å². The summed E-state index contributed by atoms with van der Waals surface area (Å²) < 4.78 is 0. The molecule has 1 aliphatic heterocycles. The smallest absolute Gasteiger partial charge is 0.107 e. The molecule has 3 nitrogen and oxygen atoms in total. The molecule has 1 aromatic rings. The molecule has 2 aliphatic rings. The average molecular weight is 293 g/mol. The van der Waals surface area contributed by atoms with Crippen LogP contribution in [0, 0.1) is 11.8 Å². The van der Waals surface area contributed by atoms with E-state index in [0.717, 1.165) is 24.9 Å². The molecule has 112 valence electrons. The van der Waals surface area contributed by atoms with Gasteiger partial charge >= 0.3 is 0 Å². The normalized spacial score (nSPS) is 31.9. The zero-order valence-electron chi connectivity index (χ0n) is 12.9. The first-order valence-electron chi connectivity index (χ1n) is 7.94. The maximum absolute atomic E-state index is 4.49. The summed E-state index contributed by atoms with van der Waals surface area (Å²) in [5.74, 6) is 1.65. The Morgan fingerprint density at radius 2 is 2.30 bits per heavy atom. The van der Waals surface area contributed by atoms with Gasteiger partial charge in [-0.3, -0.25) is 4.90 Å². The Hall–Kier alpha value is -0.450. The molecule has 1 saturated carbocycles. The molecule has 1 aromatic heterocycles. The summed E-state index contributed by atoms with van der Waals surface area (Å²) in [6, 6.07) is 0.658. The van der Waals surface area contributed by atoms with Crippen LogP contribution in [0.15, 0.2) is 11.6 Å². The lowest BCUT2D eigenvalue weighted by Gasteiger charge is -2.47. The fourth-order valence-electron chi connectivity index (χ4n) is 3.55. The number of hydrogen-bond acceptors (Lipinski definition) is 4. The Balaban J connectivity index is 1.71. The van der Waals surface area contributed by atoms with Crippen LogP contribution in [0.2, 0.25) is 0 Å². The van der Waals surface area contributed by atoms with E-state index in [1.807, 2.05) is 6.20 Å². The fourth-order valence-corrected chi connectivity index (χ4v) is 4.19. The van der Waals surface area contributed by atoms with Crippen LogP contribution in [0.1, 0.15) is 45.0 Å². The highest BCUT2D eigenvalue weighted by atomic mass is 32.1. The molecule has 4 heteroatoms. The first kappa shape index (κ1) is 14.5. The van der Waals surface area contributed by atoms with Crippen LogP contribution < -0.4 is 5.32 Å². The summed E-state index contributed by atoms with van der Waals surface area (Å²) in [6.45, 7) is 10.4. The van der Waals surface area contributed by atoms with Gasteiger partial charge in [0.25, 0.3) is 0 Å². The summed E-state index contributed by atoms with van der Waals surface area (Å²) in [7, 11) is 0. The molecule has 2 atom stereocenters. The number of aromatic nitrogens is 1. The van der Waals surface area contributed by atoms with Crippen molar-refractivity contribution in [2.45, 2.75) is 58.2 Å². The van der Waals surface area contributed by atoms with Crippen LogP contribution in [0.25, 0.3) is 0 Å². The fraction of sp³-hybridized carbons (Fsp3) is 0.812. The highest BCUT2D eigenvalue weighted by molar-refractivity contribution is 7.09. The first-order valence-corrected chi connectivity index (χ1v) is 8.82. The summed E-state index contributed by atoms with van der Waals surface area (Å²) in [4.78, 5) is 7.18. The molecule has 3 rings (SSSR count). The average Bonchev–Trinajstić information content (AvgIpc) is 3.13. The number of hydrogen-bond donors (Lipinski definition) is 1. The van der Waals surface area contributed by atoms with Crippen molar-refractivity contribution < 1.29 is 0 Å². The van der Waals surface area contributed by atoms with E-state index in [4.69, 9.17) is 0 Å². The van der Waals surface area contributed by atoms with Gasteiger partial charge in [-0.15, -0.1) is 11.3 Å². The Labute approximate surface area is 126 Å². The van der Waals surface area contributed by atoms with Crippen molar-refractivity contribution in [3.8, 4) is 0 Å². The molecular formula is C16H27N3S. The van der Waals surface area contributed by atoms with E-state index < -0.39 is 0 Å². The van der Waals surface area contributed by atoms with Crippen molar-refractivity contribution in [3.05, 3.63) is 16.6 Å². The number of nitrogens with one attached hydrogen (secondary N) is 1. The Kier molecular flexibility index (Phi) is 4.16. The highest BCUT2D eigenvalue weighted by Gasteiger charge is 2.46. The Bertz CT molecular complexity index is 427. The number of thiazole rings is 1. The predicted molar refractivity (Wildman–Crippen MR) is 84.9 cm³/mol. The SMILES string of the molecule is CC(C)CC1CNC(C)(C2CC2)CN1Cc1nccs1. The van der Waals surface area contributed by atoms with Crippen LogP contribution in [-0.4, -0.2) is 34.6 Å². The molecule has 0 radical (unpaired) electrons. The molecular weight excluding hydrogens is 266 g/mol. The first-order chi connectivity index (χ1) is 9.57. The van der Waals surface area contributed by atoms with E-state index in [0.29, 0.717) is 11.6 Å². The lowest BCUT2D eigenvalue weighted by atomic mass is 9.89. The minimum atomic E-state index is 0.324. The predicted octanol–water partition coefficient (Wildman–Crippen LogP) is 3.13. The van der Waals surface area contributed by atoms with Gasteiger partial charge < -0.3 is 5.32 Å². The second-order valence-electron chi connectivity index (χ2n) is 7.19. The van der Waals surface area contributed by atoms with Crippen LogP contribution >= 0.6 is 11.3 Å². The largest absolute Gasteiger partial charge is 0.308 e. The van der Waals surface area contributed by atoms with Crippen LogP contribution in [0.5, 0.6) is 0 Å². The van der Waals surface area contributed by atoms with Crippen LogP contribution in [-0.2, 0) is 6.54 Å². The van der Waals surface area contributed by atoms with Gasteiger partial charge in [0.05, 0.1) is 6.54 Å². The molecule has 2 heterocycles. The van der Waals surface area contributed by atoms with E-state index in [2.05, 4.69) is 41.4 Å². The molecule has 1 aliphatic carbocycles. The summed E-state index contributed by atoms with van der Waals surface area (Å²) in [5.41, 5.74) is 0.324. The van der Waals surface area contributed by atoms with Gasteiger partial charge in [-0.25, -0.2) is 4.98 Å². The lowest BCUT2D eigenvalue weighted by molar-refractivity contribution is 0.0581. The minimum Gasteiger partial charge on any atom is -0.308 e. The second kappa shape index (κ2) is 5.74. The molecule has 0 amide bonds. The molecule has 2 unspecified atom stereocenters. The summed E-state index contributed by atoms with van der Waals surface area (Å²) in [6.07, 6.45) is 6.02. The Morgan fingerprint density at radius 3 is 2.90 bits per heavy atom. The van der Waals surface area contributed by atoms with Crippen molar-refractivity contribution in [1.29, 1.82) is 0 Å². The van der Waals surface area contributed by atoms with Crippen LogP contribution in [0.3, 0.4) is 0 Å². The van der Waals surface area contributed by atoms with Gasteiger partial charge in [0.1, 0.15) is 5.01 Å². The summed E-state index contributed by atoms with van der Waals surface area (Å²) in [5, 5.41) is 7.22. The van der Waals surface area contributed by atoms with E-state index in [9.17, 15) is 0 Å². The monoisotopic (exact) mass is 293 g/mol. The van der Waals surface area contributed by atoms with Crippen molar-refractivity contribution in [2.75, 3.05) is 13.1 Å². The second-order valence-corrected chi connectivity index (χ2v) is 8.17. The van der Waals surface area contributed by atoms with Gasteiger partial charge in [-0.2, -0.15) is 0 Å². The van der Waals surface area contributed by atoms with Crippen molar-refractivity contribution in [3.63, 3.8) is 0 Å². The molecule has 1 N–H and O–H groups in total. The van der Waals surface area contributed by atoms with E-state index in [1.54, 1.807) is 11.3 Å². The highest BCUT2D eigenvalue weighted by Crippen LogP contribution is 2.42. The number of rotatable bonds is 5. The van der Waals surface area contributed by atoms with E-state index in [-0.39, 0.29) is 0 Å². The molecule has 2 fully saturated rings. The minimum absolute atomic E-state index is 0.324. The standard InChI is InChI=1S/C16H27N3S/c1-12(2)8-14-9-18-16(3,13-4-5-13)11-19(14)10-15-17-6-7-20-15/h6-7,12-14,18H,4-5,8-11H2,1-3H3. The lowest BCUT2D eigenvalue weighted by Crippen LogP contribution is -2.63. The van der Waals surface area contributed by atoms with Gasteiger partial charge in [0.2, 0.25) is 0 Å². The molecule has 0 aromatic carbocycles. The third kappa shape index (κ3) is 3.23. The zero-order chi connectivity index (χ0) is 14.2.